The second-order valence-corrected chi connectivity index (χ2v) is 4.79. The first-order valence-corrected chi connectivity index (χ1v) is 6.82. The molecule has 0 aliphatic rings. The van der Waals surface area contributed by atoms with Crippen LogP contribution in [0.1, 0.15) is 21.5 Å². The number of carbonyl (C=O) groups excluding carboxylic acids is 1. The number of amides is 1. The first kappa shape index (κ1) is 14.9. The number of methoxy groups -OCH3 is 1. The molecule has 2 aromatic carbocycles. The smallest absolute Gasteiger partial charge is 0.255 e. The lowest BCUT2D eigenvalue weighted by Gasteiger charge is -2.10. The minimum absolute atomic E-state index is 0.131. The molecule has 0 bridgehead atoms. The Morgan fingerprint density at radius 1 is 1.19 bits per heavy atom. The monoisotopic (exact) mass is 285 g/mol. The number of rotatable bonds is 5. The fourth-order valence-electron chi connectivity index (χ4n) is 2.17. The van der Waals surface area contributed by atoms with Gasteiger partial charge in [0.15, 0.2) is 11.5 Å². The lowest BCUT2D eigenvalue weighted by atomic mass is 10.1. The Bertz CT molecular complexity index is 638. The predicted octanol–water partition coefficient (Wildman–Crippen LogP) is 2.68. The van der Waals surface area contributed by atoms with E-state index in [1.807, 2.05) is 31.2 Å². The van der Waals surface area contributed by atoms with Crippen LogP contribution < -0.4 is 10.1 Å². The maximum absolute atomic E-state index is 12.1. The quantitative estimate of drug-likeness (QED) is 0.888. The molecule has 21 heavy (non-hydrogen) atoms. The van der Waals surface area contributed by atoms with Gasteiger partial charge in [0.25, 0.3) is 5.91 Å². The second-order valence-electron chi connectivity index (χ2n) is 4.79. The molecule has 1 amide bonds. The molecule has 0 atom stereocenters. The number of carbonyl (C=O) groups is 1. The molecule has 2 N–H and O–H groups in total. The van der Waals surface area contributed by atoms with Crippen molar-refractivity contribution >= 4 is 5.91 Å². The Kier molecular flexibility index (Phi) is 4.82. The topological polar surface area (TPSA) is 58.6 Å². The number of para-hydroxylation sites is 1. The molecule has 110 valence electrons. The van der Waals surface area contributed by atoms with E-state index in [1.165, 1.54) is 18.2 Å². The van der Waals surface area contributed by atoms with Gasteiger partial charge in [-0.1, -0.05) is 30.3 Å². The molecule has 0 unspecified atom stereocenters. The molecule has 0 radical (unpaired) electrons. The number of aryl methyl sites for hydroxylation is 1. The van der Waals surface area contributed by atoms with E-state index in [-0.39, 0.29) is 17.2 Å². The van der Waals surface area contributed by atoms with E-state index in [0.29, 0.717) is 12.3 Å². The molecular weight excluding hydrogens is 266 g/mol. The molecule has 0 aromatic heterocycles. The Balaban J connectivity index is 1.98. The molecule has 2 rings (SSSR count). The van der Waals surface area contributed by atoms with Crippen LogP contribution in [0.4, 0.5) is 0 Å². The molecule has 0 fully saturated rings. The Labute approximate surface area is 124 Å². The van der Waals surface area contributed by atoms with Crippen LogP contribution in [0.3, 0.4) is 0 Å². The van der Waals surface area contributed by atoms with Gasteiger partial charge in [-0.2, -0.15) is 0 Å². The number of benzene rings is 2. The number of nitrogens with one attached hydrogen (secondary N) is 1. The number of phenolic OH excluding ortho intramolecular Hbond substituents is 1. The van der Waals surface area contributed by atoms with Crippen LogP contribution >= 0.6 is 0 Å². The van der Waals surface area contributed by atoms with Crippen molar-refractivity contribution in [3.63, 3.8) is 0 Å². The number of ether oxygens (including phenoxy) is 1. The third-order valence-corrected chi connectivity index (χ3v) is 3.40. The van der Waals surface area contributed by atoms with Crippen molar-refractivity contribution in [1.29, 1.82) is 0 Å². The van der Waals surface area contributed by atoms with Gasteiger partial charge in [0.2, 0.25) is 0 Å². The summed E-state index contributed by atoms with van der Waals surface area (Å²) in [6, 6.07) is 12.9. The third kappa shape index (κ3) is 3.54. The van der Waals surface area contributed by atoms with E-state index in [4.69, 9.17) is 4.74 Å². The fourth-order valence-corrected chi connectivity index (χ4v) is 2.17. The SMILES string of the molecule is COc1cccc(C(=O)NCCc2ccccc2C)c1O. The van der Waals surface area contributed by atoms with Crippen molar-refractivity contribution in [3.05, 3.63) is 59.2 Å². The number of hydrogen-bond donors (Lipinski definition) is 2. The number of phenols is 1. The van der Waals surface area contributed by atoms with E-state index < -0.39 is 0 Å². The highest BCUT2D eigenvalue weighted by molar-refractivity contribution is 5.97. The largest absolute Gasteiger partial charge is 0.504 e. The van der Waals surface area contributed by atoms with Crippen LogP contribution in [0.25, 0.3) is 0 Å². The standard InChI is InChI=1S/C17H19NO3/c1-12-6-3-4-7-13(12)10-11-18-17(20)14-8-5-9-15(21-2)16(14)19/h3-9,19H,10-11H2,1-2H3,(H,18,20). The van der Waals surface area contributed by atoms with Gasteiger partial charge in [-0.25, -0.2) is 0 Å². The van der Waals surface area contributed by atoms with Crippen molar-refractivity contribution in [2.75, 3.05) is 13.7 Å². The van der Waals surface area contributed by atoms with Gasteiger partial charge in [-0.3, -0.25) is 4.79 Å². The second kappa shape index (κ2) is 6.79. The summed E-state index contributed by atoms with van der Waals surface area (Å²) in [6.45, 7) is 2.56. The van der Waals surface area contributed by atoms with Crippen LogP contribution in [-0.4, -0.2) is 24.7 Å². The maximum Gasteiger partial charge on any atom is 0.255 e. The van der Waals surface area contributed by atoms with Crippen LogP contribution in [0.5, 0.6) is 11.5 Å². The van der Waals surface area contributed by atoms with Gasteiger partial charge >= 0.3 is 0 Å². The molecule has 0 saturated carbocycles. The zero-order valence-electron chi connectivity index (χ0n) is 12.2. The Hall–Kier alpha value is -2.49. The van der Waals surface area contributed by atoms with Crippen LogP contribution in [0, 0.1) is 6.92 Å². The lowest BCUT2D eigenvalue weighted by Crippen LogP contribution is -2.26. The maximum atomic E-state index is 12.1. The van der Waals surface area contributed by atoms with Gasteiger partial charge in [0.05, 0.1) is 12.7 Å². The third-order valence-electron chi connectivity index (χ3n) is 3.40. The molecule has 0 saturated heterocycles. The highest BCUT2D eigenvalue weighted by atomic mass is 16.5. The van der Waals surface area contributed by atoms with E-state index in [0.717, 1.165) is 6.42 Å². The summed E-state index contributed by atoms with van der Waals surface area (Å²) in [7, 11) is 1.45. The average molecular weight is 285 g/mol. The zero-order valence-corrected chi connectivity index (χ0v) is 12.2. The highest BCUT2D eigenvalue weighted by Crippen LogP contribution is 2.29. The normalized spacial score (nSPS) is 10.2. The molecule has 0 aliphatic heterocycles. The summed E-state index contributed by atoms with van der Waals surface area (Å²) in [5, 5.41) is 12.7. The van der Waals surface area contributed by atoms with E-state index in [1.54, 1.807) is 18.2 Å². The fraction of sp³-hybridized carbons (Fsp3) is 0.235. The minimum atomic E-state index is -0.306. The van der Waals surface area contributed by atoms with Gasteiger partial charge in [0.1, 0.15) is 0 Å². The van der Waals surface area contributed by atoms with Gasteiger partial charge in [-0.05, 0) is 36.6 Å². The van der Waals surface area contributed by atoms with Crippen LogP contribution in [0.15, 0.2) is 42.5 Å². The van der Waals surface area contributed by atoms with Crippen molar-refractivity contribution in [3.8, 4) is 11.5 Å². The Morgan fingerprint density at radius 3 is 2.67 bits per heavy atom. The number of hydrogen-bond acceptors (Lipinski definition) is 3. The zero-order chi connectivity index (χ0) is 15.2. The first-order chi connectivity index (χ1) is 10.1. The van der Waals surface area contributed by atoms with E-state index in [9.17, 15) is 9.90 Å². The highest BCUT2D eigenvalue weighted by Gasteiger charge is 2.14. The van der Waals surface area contributed by atoms with Gasteiger partial charge in [0, 0.05) is 6.54 Å². The van der Waals surface area contributed by atoms with E-state index >= 15 is 0 Å². The summed E-state index contributed by atoms with van der Waals surface area (Å²) in [5.41, 5.74) is 2.63. The van der Waals surface area contributed by atoms with Gasteiger partial charge < -0.3 is 15.2 Å². The van der Waals surface area contributed by atoms with E-state index in [2.05, 4.69) is 5.32 Å². The molecule has 0 heterocycles. The Morgan fingerprint density at radius 2 is 1.95 bits per heavy atom. The van der Waals surface area contributed by atoms with Crippen molar-refractivity contribution in [2.24, 2.45) is 0 Å². The van der Waals surface area contributed by atoms with Crippen LogP contribution in [0.2, 0.25) is 0 Å². The number of aromatic hydroxyl groups is 1. The molecule has 4 heteroatoms. The first-order valence-electron chi connectivity index (χ1n) is 6.82. The van der Waals surface area contributed by atoms with Crippen LogP contribution in [-0.2, 0) is 6.42 Å². The van der Waals surface area contributed by atoms with Crippen molar-refractivity contribution in [1.82, 2.24) is 5.32 Å². The lowest BCUT2D eigenvalue weighted by molar-refractivity contribution is 0.0951. The molecule has 0 spiro atoms. The summed E-state index contributed by atoms with van der Waals surface area (Å²) in [4.78, 5) is 12.1. The summed E-state index contributed by atoms with van der Waals surface area (Å²) in [5.74, 6) is -0.144. The minimum Gasteiger partial charge on any atom is -0.504 e. The average Bonchev–Trinajstić information content (AvgIpc) is 2.49. The molecule has 0 aliphatic carbocycles. The summed E-state index contributed by atoms with van der Waals surface area (Å²) >= 11 is 0. The van der Waals surface area contributed by atoms with Crippen molar-refractivity contribution < 1.29 is 14.6 Å². The van der Waals surface area contributed by atoms with Gasteiger partial charge in [-0.15, -0.1) is 0 Å². The molecule has 2 aromatic rings. The molecule has 4 nitrogen and oxygen atoms in total. The van der Waals surface area contributed by atoms with Crippen molar-refractivity contribution in [2.45, 2.75) is 13.3 Å². The summed E-state index contributed by atoms with van der Waals surface area (Å²) in [6.07, 6.45) is 0.753. The predicted molar refractivity (Wildman–Crippen MR) is 81.9 cm³/mol. The summed E-state index contributed by atoms with van der Waals surface area (Å²) < 4.78 is 5.00. The molecular formula is C17H19NO3.